The molecule has 0 unspecified atom stereocenters. The maximum absolute atomic E-state index is 14.4. The molecule has 3 rings (SSSR count). The predicted octanol–water partition coefficient (Wildman–Crippen LogP) is 1.01. The molecule has 1 aromatic rings. The van der Waals surface area contributed by atoms with Crippen molar-refractivity contribution in [2.75, 3.05) is 46.5 Å². The van der Waals surface area contributed by atoms with Gasteiger partial charge in [-0.1, -0.05) is 0 Å². The van der Waals surface area contributed by atoms with Crippen molar-refractivity contribution >= 4 is 0 Å². The van der Waals surface area contributed by atoms with Crippen LogP contribution in [0.5, 0.6) is 17.2 Å². The summed E-state index contributed by atoms with van der Waals surface area (Å²) in [4.78, 5) is 2.27. The summed E-state index contributed by atoms with van der Waals surface area (Å²) in [6, 6.07) is 1.83. The molecule has 1 aromatic carbocycles. The van der Waals surface area contributed by atoms with Crippen LogP contribution in [-0.2, 0) is 6.54 Å². The second-order valence-corrected chi connectivity index (χ2v) is 4.93. The van der Waals surface area contributed by atoms with Gasteiger partial charge in [0.15, 0.2) is 11.5 Å². The second-order valence-electron chi connectivity index (χ2n) is 4.93. The van der Waals surface area contributed by atoms with Gasteiger partial charge in [0.05, 0.1) is 7.11 Å². The van der Waals surface area contributed by atoms with E-state index in [1.54, 1.807) is 0 Å². The van der Waals surface area contributed by atoms with Gasteiger partial charge in [-0.2, -0.15) is 4.39 Å². The van der Waals surface area contributed by atoms with E-state index in [0.29, 0.717) is 25.5 Å². The topological polar surface area (TPSA) is 43.0 Å². The molecule has 2 heterocycles. The maximum atomic E-state index is 14.4. The van der Waals surface area contributed by atoms with E-state index in [9.17, 15) is 4.39 Å². The molecule has 0 atom stereocenters. The number of benzene rings is 1. The molecule has 0 amide bonds. The summed E-state index contributed by atoms with van der Waals surface area (Å²) in [5, 5.41) is 3.30. The standard InChI is InChI=1S/C14H19FN2O3/c1-18-13-10(9-17-4-2-16-3-5-17)8-11-14(12(13)15)20-7-6-19-11/h8,16H,2-7,9H2,1H3. The fourth-order valence-corrected chi connectivity index (χ4v) is 2.63. The Hall–Kier alpha value is -1.53. The predicted molar refractivity (Wildman–Crippen MR) is 72.1 cm³/mol. The third kappa shape index (κ3) is 2.53. The first-order chi connectivity index (χ1) is 9.79. The largest absolute Gasteiger partial charge is 0.493 e. The first-order valence-corrected chi connectivity index (χ1v) is 6.87. The highest BCUT2D eigenvalue weighted by Crippen LogP contribution is 2.41. The van der Waals surface area contributed by atoms with Gasteiger partial charge in [-0.15, -0.1) is 0 Å². The van der Waals surface area contributed by atoms with Crippen LogP contribution in [-0.4, -0.2) is 51.4 Å². The number of nitrogens with zero attached hydrogens (tertiary/aromatic N) is 1. The minimum Gasteiger partial charge on any atom is -0.493 e. The molecule has 2 aliphatic heterocycles. The third-order valence-corrected chi connectivity index (χ3v) is 3.61. The van der Waals surface area contributed by atoms with Crippen molar-refractivity contribution < 1.29 is 18.6 Å². The molecule has 110 valence electrons. The van der Waals surface area contributed by atoms with Gasteiger partial charge in [0.1, 0.15) is 13.2 Å². The van der Waals surface area contributed by atoms with E-state index in [4.69, 9.17) is 14.2 Å². The van der Waals surface area contributed by atoms with E-state index in [1.165, 1.54) is 7.11 Å². The van der Waals surface area contributed by atoms with Gasteiger partial charge in [0.25, 0.3) is 0 Å². The van der Waals surface area contributed by atoms with Crippen molar-refractivity contribution in [3.05, 3.63) is 17.4 Å². The van der Waals surface area contributed by atoms with Gasteiger partial charge in [0, 0.05) is 38.3 Å². The monoisotopic (exact) mass is 282 g/mol. The molecule has 1 fully saturated rings. The number of fused-ring (bicyclic) bond motifs is 1. The second kappa shape index (κ2) is 5.85. The van der Waals surface area contributed by atoms with Crippen LogP contribution in [0.4, 0.5) is 4.39 Å². The molecule has 0 aromatic heterocycles. The fraction of sp³-hybridized carbons (Fsp3) is 0.571. The summed E-state index contributed by atoms with van der Waals surface area (Å²) in [5.74, 6) is 0.430. The number of halogens is 1. The van der Waals surface area contributed by atoms with Gasteiger partial charge in [-0.05, 0) is 6.07 Å². The highest BCUT2D eigenvalue weighted by Gasteiger charge is 2.25. The minimum absolute atomic E-state index is 0.164. The zero-order valence-corrected chi connectivity index (χ0v) is 11.6. The number of nitrogens with one attached hydrogen (secondary N) is 1. The van der Waals surface area contributed by atoms with E-state index in [2.05, 4.69) is 10.2 Å². The number of methoxy groups -OCH3 is 1. The van der Waals surface area contributed by atoms with Crippen LogP contribution in [0, 0.1) is 5.82 Å². The molecule has 0 aliphatic carbocycles. The van der Waals surface area contributed by atoms with E-state index in [-0.39, 0.29) is 11.5 Å². The molecule has 1 N–H and O–H groups in total. The molecule has 5 nitrogen and oxygen atoms in total. The zero-order valence-electron chi connectivity index (χ0n) is 11.6. The lowest BCUT2D eigenvalue weighted by molar-refractivity contribution is 0.161. The van der Waals surface area contributed by atoms with Gasteiger partial charge in [0.2, 0.25) is 11.6 Å². The lowest BCUT2D eigenvalue weighted by atomic mass is 10.1. The number of piperazine rings is 1. The Balaban J connectivity index is 1.90. The number of rotatable bonds is 3. The molecule has 6 heteroatoms. The molecule has 0 saturated carbocycles. The molecule has 20 heavy (non-hydrogen) atoms. The van der Waals surface area contributed by atoms with Gasteiger partial charge >= 0.3 is 0 Å². The van der Waals surface area contributed by atoms with Gasteiger partial charge in [-0.3, -0.25) is 4.90 Å². The first-order valence-electron chi connectivity index (χ1n) is 6.87. The fourth-order valence-electron chi connectivity index (χ4n) is 2.63. The van der Waals surface area contributed by atoms with Crippen LogP contribution in [0.15, 0.2) is 6.07 Å². The van der Waals surface area contributed by atoms with Crippen LogP contribution < -0.4 is 19.5 Å². The first kappa shape index (κ1) is 13.5. The third-order valence-electron chi connectivity index (χ3n) is 3.61. The summed E-state index contributed by atoms with van der Waals surface area (Å²) in [5.41, 5.74) is 0.802. The molecule has 0 radical (unpaired) electrons. The summed E-state index contributed by atoms with van der Waals surface area (Å²) >= 11 is 0. The SMILES string of the molecule is COc1c(CN2CCNCC2)cc2c(c1F)OCCO2. The molecular weight excluding hydrogens is 263 g/mol. The summed E-state index contributed by atoms with van der Waals surface area (Å²) in [7, 11) is 1.48. The van der Waals surface area contributed by atoms with Crippen molar-refractivity contribution in [3.63, 3.8) is 0 Å². The highest BCUT2D eigenvalue weighted by atomic mass is 19.1. The number of ether oxygens (including phenoxy) is 3. The van der Waals surface area contributed by atoms with Crippen molar-refractivity contribution in [1.82, 2.24) is 10.2 Å². The zero-order chi connectivity index (χ0) is 13.9. The van der Waals surface area contributed by atoms with E-state index in [1.807, 2.05) is 6.07 Å². The Bertz CT molecular complexity index is 490. The average molecular weight is 282 g/mol. The minimum atomic E-state index is -0.463. The number of hydrogen-bond acceptors (Lipinski definition) is 5. The highest BCUT2D eigenvalue weighted by molar-refractivity contribution is 5.52. The van der Waals surface area contributed by atoms with Crippen LogP contribution in [0.25, 0.3) is 0 Å². The average Bonchev–Trinajstić information content (AvgIpc) is 2.49. The Morgan fingerprint density at radius 2 is 2.05 bits per heavy atom. The van der Waals surface area contributed by atoms with Crippen LogP contribution in [0.3, 0.4) is 0 Å². The Kier molecular flexibility index (Phi) is 3.93. The molecule has 1 saturated heterocycles. The van der Waals surface area contributed by atoms with Crippen LogP contribution in [0.2, 0.25) is 0 Å². The van der Waals surface area contributed by atoms with Crippen molar-refractivity contribution in [2.24, 2.45) is 0 Å². The molecule has 0 spiro atoms. The molecular formula is C14H19FN2O3. The van der Waals surface area contributed by atoms with Gasteiger partial charge < -0.3 is 19.5 Å². The lowest BCUT2D eigenvalue weighted by Crippen LogP contribution is -2.43. The van der Waals surface area contributed by atoms with Crippen molar-refractivity contribution in [3.8, 4) is 17.2 Å². The Morgan fingerprint density at radius 1 is 1.30 bits per heavy atom. The summed E-state index contributed by atoms with van der Waals surface area (Å²) in [6.07, 6.45) is 0. The van der Waals surface area contributed by atoms with Crippen LogP contribution in [0.1, 0.15) is 5.56 Å². The smallest absolute Gasteiger partial charge is 0.211 e. The Morgan fingerprint density at radius 3 is 2.80 bits per heavy atom. The van der Waals surface area contributed by atoms with Crippen molar-refractivity contribution in [2.45, 2.75) is 6.54 Å². The quantitative estimate of drug-likeness (QED) is 0.896. The summed E-state index contributed by atoms with van der Waals surface area (Å²) in [6.45, 7) is 5.26. The Labute approximate surface area is 117 Å². The molecule has 2 aliphatic rings. The maximum Gasteiger partial charge on any atom is 0.211 e. The number of hydrogen-bond donors (Lipinski definition) is 1. The van der Waals surface area contributed by atoms with Crippen molar-refractivity contribution in [1.29, 1.82) is 0 Å². The van der Waals surface area contributed by atoms with E-state index < -0.39 is 5.82 Å². The lowest BCUT2D eigenvalue weighted by Gasteiger charge is -2.28. The van der Waals surface area contributed by atoms with Gasteiger partial charge in [-0.25, -0.2) is 0 Å². The van der Waals surface area contributed by atoms with E-state index >= 15 is 0 Å². The summed E-state index contributed by atoms with van der Waals surface area (Å²) < 4.78 is 30.5. The normalized spacial score (nSPS) is 18.9. The van der Waals surface area contributed by atoms with E-state index in [0.717, 1.165) is 31.7 Å². The van der Waals surface area contributed by atoms with Crippen LogP contribution >= 0.6 is 0 Å². The molecule has 0 bridgehead atoms.